The average Bonchev–Trinajstić information content (AvgIpc) is 3.08. The fourth-order valence-electron chi connectivity index (χ4n) is 4.22. The van der Waals surface area contributed by atoms with Crippen molar-refractivity contribution in [1.82, 2.24) is 19.3 Å². The molecule has 0 amide bonds. The number of esters is 1. The Morgan fingerprint density at radius 3 is 2.34 bits per heavy atom. The summed E-state index contributed by atoms with van der Waals surface area (Å²) in [5.41, 5.74) is 5.88. The van der Waals surface area contributed by atoms with Crippen LogP contribution in [0.5, 0.6) is 0 Å². The third-order valence-corrected chi connectivity index (χ3v) is 5.53. The molecule has 32 heavy (non-hydrogen) atoms. The predicted octanol–water partition coefficient (Wildman–Crippen LogP) is 3.95. The number of benzene rings is 2. The van der Waals surface area contributed by atoms with E-state index in [0.29, 0.717) is 17.6 Å². The van der Waals surface area contributed by atoms with Crippen LogP contribution in [0.3, 0.4) is 0 Å². The number of fused-ring (bicyclic) bond motifs is 1. The van der Waals surface area contributed by atoms with Gasteiger partial charge in [-0.25, -0.2) is 9.78 Å². The number of hydrogen-bond acceptors (Lipinski definition) is 5. The van der Waals surface area contributed by atoms with E-state index in [0.717, 1.165) is 27.8 Å². The fourth-order valence-corrected chi connectivity index (χ4v) is 4.22. The van der Waals surface area contributed by atoms with Gasteiger partial charge in [0.2, 0.25) is 5.82 Å². The Bertz CT molecular complexity index is 1360. The molecular formula is C25H26N4O3. The van der Waals surface area contributed by atoms with E-state index < -0.39 is 5.97 Å². The number of rotatable bonds is 5. The van der Waals surface area contributed by atoms with Gasteiger partial charge in [0, 0.05) is 12.6 Å². The number of aromatic nitrogens is 4. The number of hydrogen-bond donors (Lipinski definition) is 0. The molecule has 0 N–H and O–H groups in total. The first-order valence-electron chi connectivity index (χ1n) is 10.6. The van der Waals surface area contributed by atoms with Crippen LogP contribution in [0.2, 0.25) is 0 Å². The summed E-state index contributed by atoms with van der Waals surface area (Å²) in [4.78, 5) is 30.3. The number of aryl methyl sites for hydroxylation is 3. The summed E-state index contributed by atoms with van der Waals surface area (Å²) >= 11 is 0. The zero-order valence-corrected chi connectivity index (χ0v) is 19.0. The second kappa shape index (κ2) is 8.42. The van der Waals surface area contributed by atoms with Gasteiger partial charge in [-0.05, 0) is 44.4 Å². The molecule has 0 aliphatic rings. The van der Waals surface area contributed by atoms with Crippen molar-refractivity contribution in [3.05, 3.63) is 80.9 Å². The largest absolute Gasteiger partial charge is 0.460 e. The Hall–Kier alpha value is -3.74. The van der Waals surface area contributed by atoms with Crippen LogP contribution >= 0.6 is 0 Å². The summed E-state index contributed by atoms with van der Waals surface area (Å²) in [5, 5.41) is 5.07. The molecule has 2 heterocycles. The topological polar surface area (TPSA) is 79.0 Å². The number of carbonyl (C=O) groups excluding carboxylic acids is 1. The van der Waals surface area contributed by atoms with Crippen LogP contribution in [0.25, 0.3) is 22.3 Å². The number of carbonyl (C=O) groups is 1. The molecule has 0 bridgehead atoms. The third kappa shape index (κ3) is 3.70. The first-order valence-corrected chi connectivity index (χ1v) is 10.6. The quantitative estimate of drug-likeness (QED) is 0.448. The number of nitrogens with zero attached hydrogens (tertiary/aromatic N) is 4. The van der Waals surface area contributed by atoms with Gasteiger partial charge in [-0.15, -0.1) is 0 Å². The highest BCUT2D eigenvalue weighted by Crippen LogP contribution is 2.33. The van der Waals surface area contributed by atoms with E-state index in [1.165, 1.54) is 11.6 Å². The molecule has 0 saturated carbocycles. The Kier molecular flexibility index (Phi) is 5.65. The zero-order valence-electron chi connectivity index (χ0n) is 19.0. The molecule has 2 aromatic carbocycles. The molecule has 7 heteroatoms. The van der Waals surface area contributed by atoms with E-state index >= 15 is 0 Å². The van der Waals surface area contributed by atoms with Crippen molar-refractivity contribution >= 4 is 17.0 Å². The summed E-state index contributed by atoms with van der Waals surface area (Å²) in [6.07, 6.45) is 0. The van der Waals surface area contributed by atoms with Gasteiger partial charge >= 0.3 is 5.97 Å². The minimum absolute atomic E-state index is 0.0578. The smallest absolute Gasteiger partial charge is 0.374 e. The third-order valence-electron chi connectivity index (χ3n) is 5.53. The van der Waals surface area contributed by atoms with Gasteiger partial charge in [0.1, 0.15) is 5.39 Å². The highest BCUT2D eigenvalue weighted by molar-refractivity contribution is 5.95. The van der Waals surface area contributed by atoms with Crippen LogP contribution in [0.4, 0.5) is 0 Å². The summed E-state index contributed by atoms with van der Waals surface area (Å²) in [5.74, 6) is -0.700. The minimum atomic E-state index is -0.643. The van der Waals surface area contributed by atoms with Gasteiger partial charge in [0.25, 0.3) is 5.56 Å². The standard InChI is InChI=1S/C25H26N4O3/c1-6-32-25(31)23-26-22-20(24(30)28(23)5)21(19-16(3)12-15(2)13-17(19)4)29(27-22)14-18-10-8-7-9-11-18/h7-13H,6,14H2,1-5H3. The van der Waals surface area contributed by atoms with Crippen LogP contribution in [-0.2, 0) is 18.3 Å². The molecule has 164 valence electrons. The van der Waals surface area contributed by atoms with Gasteiger partial charge < -0.3 is 4.74 Å². The Balaban J connectivity index is 2.06. The summed E-state index contributed by atoms with van der Waals surface area (Å²) in [6, 6.07) is 14.1. The van der Waals surface area contributed by atoms with Crippen molar-refractivity contribution < 1.29 is 9.53 Å². The molecule has 0 radical (unpaired) electrons. The van der Waals surface area contributed by atoms with Gasteiger partial charge in [-0.1, -0.05) is 48.0 Å². The maximum atomic E-state index is 13.5. The molecule has 0 atom stereocenters. The second-order valence-electron chi connectivity index (χ2n) is 7.98. The molecule has 0 aliphatic heterocycles. The molecule has 2 aromatic heterocycles. The molecule has 0 spiro atoms. The molecular weight excluding hydrogens is 404 g/mol. The van der Waals surface area contributed by atoms with Crippen molar-refractivity contribution in [2.45, 2.75) is 34.2 Å². The van der Waals surface area contributed by atoms with E-state index in [1.807, 2.05) is 48.9 Å². The molecule has 0 fully saturated rings. The normalized spacial score (nSPS) is 11.2. The van der Waals surface area contributed by atoms with Crippen LogP contribution in [0.1, 0.15) is 39.8 Å². The lowest BCUT2D eigenvalue weighted by Gasteiger charge is -2.14. The first kappa shape index (κ1) is 21.5. The van der Waals surface area contributed by atoms with Crippen LogP contribution in [-0.4, -0.2) is 31.9 Å². The monoisotopic (exact) mass is 430 g/mol. The average molecular weight is 431 g/mol. The molecule has 7 nitrogen and oxygen atoms in total. The van der Waals surface area contributed by atoms with Crippen molar-refractivity contribution in [2.75, 3.05) is 6.61 Å². The fraction of sp³-hybridized carbons (Fsp3) is 0.280. The van der Waals surface area contributed by atoms with Crippen LogP contribution in [0.15, 0.2) is 47.3 Å². The van der Waals surface area contributed by atoms with E-state index in [4.69, 9.17) is 4.74 Å². The zero-order chi connectivity index (χ0) is 23.0. The predicted molar refractivity (Wildman–Crippen MR) is 124 cm³/mol. The van der Waals surface area contributed by atoms with Gasteiger partial charge in [-0.2, -0.15) is 5.10 Å². The maximum Gasteiger partial charge on any atom is 0.374 e. The lowest BCUT2D eigenvalue weighted by molar-refractivity contribution is 0.0506. The summed E-state index contributed by atoms with van der Waals surface area (Å²) in [6.45, 7) is 8.50. The van der Waals surface area contributed by atoms with Gasteiger partial charge in [0.05, 0.1) is 18.8 Å². The van der Waals surface area contributed by atoms with Crippen molar-refractivity contribution in [1.29, 1.82) is 0 Å². The van der Waals surface area contributed by atoms with Crippen molar-refractivity contribution in [3.63, 3.8) is 0 Å². The van der Waals surface area contributed by atoms with E-state index in [2.05, 4.69) is 29.1 Å². The second-order valence-corrected chi connectivity index (χ2v) is 7.98. The summed E-state index contributed by atoms with van der Waals surface area (Å²) < 4.78 is 8.15. The van der Waals surface area contributed by atoms with Crippen LogP contribution in [0, 0.1) is 20.8 Å². The highest BCUT2D eigenvalue weighted by atomic mass is 16.5. The maximum absolute atomic E-state index is 13.5. The lowest BCUT2D eigenvalue weighted by Crippen LogP contribution is -2.26. The van der Waals surface area contributed by atoms with Gasteiger partial charge in [-0.3, -0.25) is 14.0 Å². The molecule has 4 aromatic rings. The molecule has 0 unspecified atom stereocenters. The van der Waals surface area contributed by atoms with E-state index in [9.17, 15) is 9.59 Å². The Morgan fingerprint density at radius 2 is 1.72 bits per heavy atom. The van der Waals surface area contributed by atoms with Crippen molar-refractivity contribution in [3.8, 4) is 11.3 Å². The Labute approximate surface area is 186 Å². The molecule has 4 rings (SSSR count). The van der Waals surface area contributed by atoms with Gasteiger partial charge in [0.15, 0.2) is 5.65 Å². The highest BCUT2D eigenvalue weighted by Gasteiger charge is 2.25. The number of ether oxygens (including phenoxy) is 1. The lowest BCUT2D eigenvalue weighted by atomic mass is 9.96. The molecule has 0 saturated heterocycles. The Morgan fingerprint density at radius 1 is 1.06 bits per heavy atom. The van der Waals surface area contributed by atoms with Crippen LogP contribution < -0.4 is 5.56 Å². The summed E-state index contributed by atoms with van der Waals surface area (Å²) in [7, 11) is 1.54. The van der Waals surface area contributed by atoms with E-state index in [-0.39, 0.29) is 23.6 Å². The SMILES string of the molecule is CCOC(=O)c1nc2nn(Cc3ccccc3)c(-c3c(C)cc(C)cc3C)c2c(=O)n1C. The first-order chi connectivity index (χ1) is 15.3. The van der Waals surface area contributed by atoms with E-state index in [1.54, 1.807) is 6.92 Å². The minimum Gasteiger partial charge on any atom is -0.460 e. The molecule has 0 aliphatic carbocycles. The van der Waals surface area contributed by atoms with Crippen molar-refractivity contribution in [2.24, 2.45) is 7.05 Å².